The number of piperidine rings is 1. The Morgan fingerprint density at radius 1 is 1.26 bits per heavy atom. The maximum Gasteiger partial charge on any atom is 0.223 e. The Labute approximate surface area is 136 Å². The van der Waals surface area contributed by atoms with Crippen LogP contribution >= 0.6 is 0 Å². The highest BCUT2D eigenvalue weighted by Gasteiger charge is 2.48. The molecule has 1 heterocycles. The average molecular weight is 316 g/mol. The fourth-order valence-corrected chi connectivity index (χ4v) is 3.39. The second-order valence-corrected chi connectivity index (χ2v) is 6.94. The first-order valence-electron chi connectivity index (χ1n) is 8.25. The number of aliphatic hydroxyl groups is 1. The predicted molar refractivity (Wildman–Crippen MR) is 86.5 cm³/mol. The van der Waals surface area contributed by atoms with Gasteiger partial charge < -0.3 is 15.3 Å². The van der Waals surface area contributed by atoms with E-state index in [1.807, 2.05) is 30.3 Å². The maximum atomic E-state index is 12.3. The summed E-state index contributed by atoms with van der Waals surface area (Å²) in [5.41, 5.74) is -0.111. The standard InChI is InChI=1S/C18H24N2O3/c1-12(21)20-11-10-18(2,23)16(19-17(22)14-8-9-14)15(20)13-6-4-3-5-7-13/h3-7,14-16,23H,8-11H2,1-2H3,(H,19,22). The van der Waals surface area contributed by atoms with Crippen molar-refractivity contribution in [1.29, 1.82) is 0 Å². The molecule has 5 heteroatoms. The molecule has 0 radical (unpaired) electrons. The van der Waals surface area contributed by atoms with Crippen molar-refractivity contribution in [2.45, 2.75) is 50.8 Å². The summed E-state index contributed by atoms with van der Waals surface area (Å²) in [6.45, 7) is 3.77. The second kappa shape index (κ2) is 5.96. The largest absolute Gasteiger partial charge is 0.388 e. The van der Waals surface area contributed by atoms with Crippen LogP contribution in [0.1, 0.15) is 44.7 Å². The van der Waals surface area contributed by atoms with Gasteiger partial charge in [0.05, 0.1) is 17.7 Å². The normalized spacial score (nSPS) is 30.8. The van der Waals surface area contributed by atoms with Gasteiger partial charge in [-0.3, -0.25) is 9.59 Å². The van der Waals surface area contributed by atoms with E-state index in [9.17, 15) is 14.7 Å². The minimum Gasteiger partial charge on any atom is -0.388 e. The van der Waals surface area contributed by atoms with Gasteiger partial charge in [0.25, 0.3) is 0 Å². The minimum atomic E-state index is -1.04. The third-order valence-electron chi connectivity index (χ3n) is 4.97. The zero-order valence-corrected chi connectivity index (χ0v) is 13.7. The van der Waals surface area contributed by atoms with E-state index in [4.69, 9.17) is 0 Å². The number of carbonyl (C=O) groups is 2. The van der Waals surface area contributed by atoms with Crippen molar-refractivity contribution in [1.82, 2.24) is 10.2 Å². The van der Waals surface area contributed by atoms with Crippen molar-refractivity contribution in [3.05, 3.63) is 35.9 Å². The molecule has 1 aliphatic carbocycles. The lowest BCUT2D eigenvalue weighted by Crippen LogP contribution is -2.63. The molecule has 2 amide bonds. The highest BCUT2D eigenvalue weighted by atomic mass is 16.3. The topological polar surface area (TPSA) is 69.6 Å². The number of benzene rings is 1. The SMILES string of the molecule is CC(=O)N1CCC(C)(O)C(NC(=O)C2CC2)C1c1ccccc1. The number of likely N-dealkylation sites (tertiary alicyclic amines) is 1. The molecule has 124 valence electrons. The predicted octanol–water partition coefficient (Wildman–Crippen LogP) is 1.63. The lowest BCUT2D eigenvalue weighted by atomic mass is 9.79. The van der Waals surface area contributed by atoms with Crippen molar-refractivity contribution >= 4 is 11.8 Å². The van der Waals surface area contributed by atoms with Gasteiger partial charge in [0, 0.05) is 19.4 Å². The van der Waals surface area contributed by atoms with Gasteiger partial charge in [0.15, 0.2) is 0 Å². The van der Waals surface area contributed by atoms with Gasteiger partial charge in [0.2, 0.25) is 11.8 Å². The van der Waals surface area contributed by atoms with Crippen LogP contribution in [0, 0.1) is 5.92 Å². The van der Waals surface area contributed by atoms with Crippen molar-refractivity contribution in [2.75, 3.05) is 6.54 Å². The van der Waals surface area contributed by atoms with E-state index in [1.165, 1.54) is 6.92 Å². The molecule has 5 nitrogen and oxygen atoms in total. The molecule has 3 atom stereocenters. The van der Waals surface area contributed by atoms with Gasteiger partial charge in [-0.15, -0.1) is 0 Å². The van der Waals surface area contributed by atoms with Crippen LogP contribution in [0.3, 0.4) is 0 Å². The van der Waals surface area contributed by atoms with Crippen LogP contribution in [0.15, 0.2) is 30.3 Å². The van der Waals surface area contributed by atoms with Gasteiger partial charge in [-0.25, -0.2) is 0 Å². The Bertz CT molecular complexity index is 596. The van der Waals surface area contributed by atoms with E-state index in [-0.39, 0.29) is 23.8 Å². The first-order valence-corrected chi connectivity index (χ1v) is 8.25. The average Bonchev–Trinajstić information content (AvgIpc) is 3.34. The van der Waals surface area contributed by atoms with Gasteiger partial charge in [0.1, 0.15) is 0 Å². The molecule has 1 saturated heterocycles. The Kier molecular flexibility index (Phi) is 4.15. The van der Waals surface area contributed by atoms with Crippen LogP contribution in [0.4, 0.5) is 0 Å². The molecule has 2 fully saturated rings. The zero-order chi connectivity index (χ0) is 16.6. The first-order chi connectivity index (χ1) is 10.9. The maximum absolute atomic E-state index is 12.3. The van der Waals surface area contributed by atoms with Crippen LogP contribution in [0.25, 0.3) is 0 Å². The zero-order valence-electron chi connectivity index (χ0n) is 13.7. The van der Waals surface area contributed by atoms with E-state index < -0.39 is 11.6 Å². The van der Waals surface area contributed by atoms with Crippen LogP contribution < -0.4 is 5.32 Å². The third kappa shape index (κ3) is 3.24. The summed E-state index contributed by atoms with van der Waals surface area (Å²) in [7, 11) is 0. The van der Waals surface area contributed by atoms with Crippen LogP contribution in [-0.2, 0) is 9.59 Å². The Balaban J connectivity index is 1.96. The van der Waals surface area contributed by atoms with E-state index in [1.54, 1.807) is 11.8 Å². The molecule has 0 spiro atoms. The van der Waals surface area contributed by atoms with E-state index >= 15 is 0 Å². The summed E-state index contributed by atoms with van der Waals surface area (Å²) in [6.07, 6.45) is 2.27. The number of hydrogen-bond acceptors (Lipinski definition) is 3. The third-order valence-corrected chi connectivity index (χ3v) is 4.97. The first kappa shape index (κ1) is 16.0. The summed E-state index contributed by atoms with van der Waals surface area (Å²) < 4.78 is 0. The molecule has 1 aromatic carbocycles. The van der Waals surface area contributed by atoms with Crippen LogP contribution in [0.2, 0.25) is 0 Å². The molecule has 2 aliphatic rings. The molecule has 1 aliphatic heterocycles. The Morgan fingerprint density at radius 3 is 2.48 bits per heavy atom. The number of nitrogens with zero attached hydrogens (tertiary/aromatic N) is 1. The van der Waals surface area contributed by atoms with Crippen LogP contribution in [0.5, 0.6) is 0 Å². The lowest BCUT2D eigenvalue weighted by Gasteiger charge is -2.49. The molecule has 3 rings (SSSR count). The Hall–Kier alpha value is -1.88. The van der Waals surface area contributed by atoms with Gasteiger partial charge in [-0.1, -0.05) is 30.3 Å². The van der Waals surface area contributed by atoms with Crippen LogP contribution in [-0.4, -0.2) is 40.0 Å². The van der Waals surface area contributed by atoms with E-state index in [0.29, 0.717) is 13.0 Å². The van der Waals surface area contributed by atoms with Crippen molar-refractivity contribution < 1.29 is 14.7 Å². The summed E-state index contributed by atoms with van der Waals surface area (Å²) >= 11 is 0. The number of carbonyl (C=O) groups excluding carboxylic acids is 2. The molecule has 1 aromatic rings. The number of amides is 2. The highest BCUT2D eigenvalue weighted by Crippen LogP contribution is 2.38. The van der Waals surface area contributed by atoms with E-state index in [2.05, 4.69) is 5.32 Å². The number of rotatable bonds is 3. The highest BCUT2D eigenvalue weighted by molar-refractivity contribution is 5.81. The van der Waals surface area contributed by atoms with E-state index in [0.717, 1.165) is 18.4 Å². The summed E-state index contributed by atoms with van der Waals surface area (Å²) in [4.78, 5) is 26.1. The van der Waals surface area contributed by atoms with Crippen molar-refractivity contribution in [3.63, 3.8) is 0 Å². The smallest absolute Gasteiger partial charge is 0.223 e. The minimum absolute atomic E-state index is 0.0124. The molecule has 1 saturated carbocycles. The molecule has 0 bridgehead atoms. The Morgan fingerprint density at radius 2 is 1.91 bits per heavy atom. The van der Waals surface area contributed by atoms with Gasteiger partial charge >= 0.3 is 0 Å². The molecular weight excluding hydrogens is 292 g/mol. The fraction of sp³-hybridized carbons (Fsp3) is 0.556. The molecular formula is C18H24N2O3. The van der Waals surface area contributed by atoms with Crippen molar-refractivity contribution in [2.24, 2.45) is 5.92 Å². The monoisotopic (exact) mass is 316 g/mol. The lowest BCUT2D eigenvalue weighted by molar-refractivity contribution is -0.144. The molecule has 23 heavy (non-hydrogen) atoms. The van der Waals surface area contributed by atoms with Gasteiger partial charge in [-0.2, -0.15) is 0 Å². The number of nitrogens with one attached hydrogen (secondary N) is 1. The quantitative estimate of drug-likeness (QED) is 0.890. The van der Waals surface area contributed by atoms with Crippen molar-refractivity contribution in [3.8, 4) is 0 Å². The second-order valence-electron chi connectivity index (χ2n) is 6.94. The fourth-order valence-electron chi connectivity index (χ4n) is 3.39. The number of hydrogen-bond donors (Lipinski definition) is 2. The van der Waals surface area contributed by atoms with Gasteiger partial charge in [-0.05, 0) is 31.7 Å². The molecule has 2 N–H and O–H groups in total. The molecule has 0 aromatic heterocycles. The summed E-state index contributed by atoms with van der Waals surface area (Å²) in [5.74, 6) is 0.0107. The summed E-state index contributed by atoms with van der Waals surface area (Å²) in [6, 6.07) is 8.78. The summed E-state index contributed by atoms with van der Waals surface area (Å²) in [5, 5.41) is 13.9. The molecule has 3 unspecified atom stereocenters.